The summed E-state index contributed by atoms with van der Waals surface area (Å²) >= 11 is 3.47. The van der Waals surface area contributed by atoms with E-state index in [1.807, 2.05) is 23.1 Å². The summed E-state index contributed by atoms with van der Waals surface area (Å²) in [6, 6.07) is 6.41. The summed E-state index contributed by atoms with van der Waals surface area (Å²) < 4.78 is 6.29. The lowest BCUT2D eigenvalue weighted by Gasteiger charge is -2.46. The van der Waals surface area contributed by atoms with Crippen molar-refractivity contribution in [2.75, 3.05) is 51.3 Å². The molecule has 1 aromatic heterocycles. The Balaban J connectivity index is 1.31. The van der Waals surface area contributed by atoms with Crippen LogP contribution in [0.5, 0.6) is 0 Å². The van der Waals surface area contributed by atoms with Gasteiger partial charge in [0.05, 0.1) is 18.0 Å². The van der Waals surface area contributed by atoms with Crippen molar-refractivity contribution in [2.24, 2.45) is 11.8 Å². The zero-order valence-electron chi connectivity index (χ0n) is 19.8. The van der Waals surface area contributed by atoms with Crippen LogP contribution in [0.3, 0.4) is 0 Å². The number of aromatic nitrogens is 2. The van der Waals surface area contributed by atoms with Crippen LogP contribution in [0.1, 0.15) is 38.5 Å². The van der Waals surface area contributed by atoms with Crippen LogP contribution in [0.4, 0.5) is 5.82 Å². The highest BCUT2D eigenvalue weighted by molar-refractivity contribution is 9.10. The van der Waals surface area contributed by atoms with E-state index in [1.165, 1.54) is 45.2 Å². The van der Waals surface area contributed by atoms with E-state index < -0.39 is 0 Å². The van der Waals surface area contributed by atoms with Crippen molar-refractivity contribution in [1.82, 2.24) is 20.0 Å². The minimum absolute atomic E-state index is 0.0440. The fourth-order valence-corrected chi connectivity index (χ4v) is 6.45. The van der Waals surface area contributed by atoms with Crippen molar-refractivity contribution in [3.8, 4) is 0 Å². The number of hydrogen-bond donors (Lipinski definition) is 1. The van der Waals surface area contributed by atoms with Gasteiger partial charge in [-0.1, -0.05) is 22.4 Å². The van der Waals surface area contributed by atoms with Gasteiger partial charge in [0.1, 0.15) is 0 Å². The number of benzene rings is 1. The zero-order chi connectivity index (χ0) is 23.7. The van der Waals surface area contributed by atoms with Crippen LogP contribution in [0.2, 0.25) is 0 Å². The van der Waals surface area contributed by atoms with Gasteiger partial charge in [0.2, 0.25) is 11.8 Å². The van der Waals surface area contributed by atoms with Crippen molar-refractivity contribution < 1.29 is 14.3 Å². The van der Waals surface area contributed by atoms with E-state index in [1.54, 1.807) is 12.0 Å². The van der Waals surface area contributed by atoms with Crippen LogP contribution in [0, 0.1) is 11.8 Å². The summed E-state index contributed by atoms with van der Waals surface area (Å²) in [6.07, 6.45) is 6.40. The average Bonchev–Trinajstić information content (AvgIpc) is 3.44. The second-order valence-electron chi connectivity index (χ2n) is 9.92. The summed E-state index contributed by atoms with van der Waals surface area (Å²) in [6.45, 7) is 4.59. The molecule has 2 aromatic rings. The molecule has 3 atom stereocenters. The molecule has 3 fully saturated rings. The number of carbonyl (C=O) groups is 2. The molecule has 3 aliphatic heterocycles. The van der Waals surface area contributed by atoms with E-state index in [2.05, 4.69) is 31.0 Å². The third kappa shape index (κ3) is 4.75. The number of piperidine rings is 2. The molecule has 0 bridgehead atoms. The SMILES string of the molecule is COCCN(C[C@@H]1CCCN2CCCC[C@@H]12)C(=O)[C@H]1CC(=O)N(c2n[nH]c3cc(Br)ccc23)C1. The second-order valence-corrected chi connectivity index (χ2v) is 10.8. The number of ether oxygens (including phenoxy) is 1. The molecule has 3 aliphatic rings. The predicted octanol–water partition coefficient (Wildman–Crippen LogP) is 3.42. The zero-order valence-corrected chi connectivity index (χ0v) is 21.4. The van der Waals surface area contributed by atoms with Gasteiger partial charge in [-0.3, -0.25) is 19.6 Å². The first-order valence-electron chi connectivity index (χ1n) is 12.5. The fraction of sp³-hybridized carbons (Fsp3) is 0.640. The Bertz CT molecular complexity index is 1040. The van der Waals surface area contributed by atoms with E-state index >= 15 is 0 Å². The van der Waals surface area contributed by atoms with Crippen molar-refractivity contribution in [3.05, 3.63) is 22.7 Å². The number of methoxy groups -OCH3 is 1. The monoisotopic (exact) mass is 531 g/mol. The number of halogens is 1. The first kappa shape index (κ1) is 23.8. The van der Waals surface area contributed by atoms with Gasteiger partial charge in [0.15, 0.2) is 5.82 Å². The van der Waals surface area contributed by atoms with Crippen LogP contribution in [0.25, 0.3) is 10.9 Å². The molecule has 0 radical (unpaired) electrons. The van der Waals surface area contributed by atoms with Crippen LogP contribution >= 0.6 is 15.9 Å². The molecule has 4 heterocycles. The van der Waals surface area contributed by atoms with Gasteiger partial charge in [-0.25, -0.2) is 0 Å². The Labute approximate surface area is 209 Å². The lowest BCUT2D eigenvalue weighted by atomic mass is 9.83. The number of fused-ring (bicyclic) bond motifs is 2. The van der Waals surface area contributed by atoms with Gasteiger partial charge in [0.25, 0.3) is 0 Å². The Hall–Kier alpha value is -1.97. The van der Waals surface area contributed by atoms with Crippen molar-refractivity contribution in [1.29, 1.82) is 0 Å². The molecule has 2 amide bonds. The molecule has 0 spiro atoms. The van der Waals surface area contributed by atoms with Crippen molar-refractivity contribution >= 4 is 44.5 Å². The number of nitrogens with zero attached hydrogens (tertiary/aromatic N) is 4. The van der Waals surface area contributed by atoms with Crippen LogP contribution in [-0.4, -0.2) is 84.3 Å². The first-order valence-corrected chi connectivity index (χ1v) is 13.3. The third-order valence-electron chi connectivity index (χ3n) is 7.80. The van der Waals surface area contributed by atoms with Gasteiger partial charge < -0.3 is 14.5 Å². The molecule has 9 heteroatoms. The average molecular weight is 532 g/mol. The van der Waals surface area contributed by atoms with Gasteiger partial charge >= 0.3 is 0 Å². The van der Waals surface area contributed by atoms with Gasteiger partial charge in [-0.05, 0) is 62.9 Å². The van der Waals surface area contributed by atoms with Crippen molar-refractivity contribution in [3.63, 3.8) is 0 Å². The highest BCUT2D eigenvalue weighted by atomic mass is 79.9. The van der Waals surface area contributed by atoms with E-state index in [-0.39, 0.29) is 24.2 Å². The molecular weight excluding hydrogens is 498 g/mol. The number of carbonyl (C=O) groups excluding carboxylic acids is 2. The highest BCUT2D eigenvalue weighted by Gasteiger charge is 2.40. The van der Waals surface area contributed by atoms with E-state index in [0.717, 1.165) is 21.9 Å². The number of rotatable bonds is 7. The lowest BCUT2D eigenvalue weighted by Crippen LogP contribution is -2.52. The van der Waals surface area contributed by atoms with Crippen LogP contribution in [-0.2, 0) is 14.3 Å². The quantitative estimate of drug-likeness (QED) is 0.591. The molecule has 34 heavy (non-hydrogen) atoms. The third-order valence-corrected chi connectivity index (χ3v) is 8.29. The van der Waals surface area contributed by atoms with Gasteiger partial charge in [-0.15, -0.1) is 0 Å². The maximum Gasteiger partial charge on any atom is 0.229 e. The van der Waals surface area contributed by atoms with Gasteiger partial charge in [0, 0.05) is 49.1 Å². The molecule has 5 rings (SSSR count). The minimum Gasteiger partial charge on any atom is -0.383 e. The van der Waals surface area contributed by atoms with Crippen molar-refractivity contribution in [2.45, 2.75) is 44.6 Å². The Morgan fingerprint density at radius 3 is 2.97 bits per heavy atom. The van der Waals surface area contributed by atoms with Crippen LogP contribution in [0.15, 0.2) is 22.7 Å². The largest absolute Gasteiger partial charge is 0.383 e. The van der Waals surface area contributed by atoms with Crippen LogP contribution < -0.4 is 4.90 Å². The maximum absolute atomic E-state index is 13.7. The molecule has 1 N–H and O–H groups in total. The summed E-state index contributed by atoms with van der Waals surface area (Å²) in [5.74, 6) is 0.784. The molecule has 0 unspecified atom stereocenters. The summed E-state index contributed by atoms with van der Waals surface area (Å²) in [5, 5.41) is 8.31. The number of hydrogen-bond acceptors (Lipinski definition) is 5. The number of amides is 2. The summed E-state index contributed by atoms with van der Waals surface area (Å²) in [4.78, 5) is 33.0. The number of anilines is 1. The maximum atomic E-state index is 13.7. The minimum atomic E-state index is -0.349. The number of aromatic amines is 1. The van der Waals surface area contributed by atoms with E-state index in [4.69, 9.17) is 4.74 Å². The normalized spacial score (nSPS) is 25.6. The molecule has 184 valence electrons. The lowest BCUT2D eigenvalue weighted by molar-refractivity contribution is -0.137. The fourth-order valence-electron chi connectivity index (χ4n) is 6.09. The number of nitrogens with one attached hydrogen (secondary N) is 1. The molecule has 3 saturated heterocycles. The predicted molar refractivity (Wildman–Crippen MR) is 135 cm³/mol. The van der Waals surface area contributed by atoms with E-state index in [9.17, 15) is 9.59 Å². The van der Waals surface area contributed by atoms with Gasteiger partial charge in [-0.2, -0.15) is 5.10 Å². The molecule has 0 saturated carbocycles. The summed E-state index contributed by atoms with van der Waals surface area (Å²) in [5.41, 5.74) is 0.864. The Morgan fingerprint density at radius 1 is 1.26 bits per heavy atom. The first-order chi connectivity index (χ1) is 16.5. The summed E-state index contributed by atoms with van der Waals surface area (Å²) in [7, 11) is 1.67. The van der Waals surface area contributed by atoms with E-state index in [0.29, 0.717) is 37.5 Å². The Morgan fingerprint density at radius 2 is 2.12 bits per heavy atom. The standard InChI is InChI=1S/C25H34BrN5O3/c1-34-12-11-30(15-17-5-4-10-29-9-3-2-6-22(17)29)25(33)18-13-23(32)31(16-18)24-20-8-7-19(26)14-21(20)27-28-24/h7-8,14,17-18,22H,2-6,9-13,15-16H2,1H3,(H,27,28)/t17-,18-,22-/m0/s1. The highest BCUT2D eigenvalue weighted by Crippen LogP contribution is 2.34. The topological polar surface area (TPSA) is 81.8 Å². The molecule has 0 aliphatic carbocycles. The Kier molecular flexibility index (Phi) is 7.22. The second kappa shape index (κ2) is 10.3. The molecule has 8 nitrogen and oxygen atoms in total. The smallest absolute Gasteiger partial charge is 0.229 e. The molecular formula is C25H34BrN5O3. The number of H-pyrrole nitrogens is 1. The molecule has 1 aromatic carbocycles.